The van der Waals surface area contributed by atoms with Gasteiger partial charge in [0.15, 0.2) is 0 Å². The van der Waals surface area contributed by atoms with E-state index in [-0.39, 0.29) is 17.6 Å². The molecule has 43 heavy (non-hydrogen) atoms. The predicted molar refractivity (Wildman–Crippen MR) is 173 cm³/mol. The van der Waals surface area contributed by atoms with Crippen molar-refractivity contribution in [1.82, 2.24) is 10.6 Å². The molecule has 0 aliphatic carbocycles. The number of nitrogens with one attached hydrogen (secondary N) is 2. The Hall–Kier alpha value is -4.49. The van der Waals surface area contributed by atoms with E-state index in [0.29, 0.717) is 17.7 Å². The zero-order valence-electron chi connectivity index (χ0n) is 23.6. The molecule has 0 aliphatic rings. The number of thioether (sulfide) groups is 1. The van der Waals surface area contributed by atoms with Crippen LogP contribution in [0.5, 0.6) is 0 Å². The zero-order valence-corrected chi connectivity index (χ0v) is 24.4. The molecule has 0 bridgehead atoms. The largest absolute Gasteiger partial charge is 0.416 e. The van der Waals surface area contributed by atoms with E-state index in [1.165, 1.54) is 17.7 Å². The summed E-state index contributed by atoms with van der Waals surface area (Å²) in [4.78, 5) is 13.5. The summed E-state index contributed by atoms with van der Waals surface area (Å²) >= 11 is 1.77. The Morgan fingerprint density at radius 1 is 0.837 bits per heavy atom. The number of alkyl halides is 3. The standard InChI is InChI=1S/C36H33F3N2OS/c1-3-33(22-23-43-25-28-10-6-4-7-11-28)41-35(42)34(40-26(2)29-18-20-32(21-19-29)36(37,38)39)24-27-14-16-31(17-15-27)30-12-8-5-9-13-30/h3-21,24,33,40H,1-2,22-23,25H2,(H,41,42)/b34-24+. The Balaban J connectivity index is 1.49. The first-order valence-corrected chi connectivity index (χ1v) is 14.9. The number of hydrogen-bond acceptors (Lipinski definition) is 3. The van der Waals surface area contributed by atoms with Gasteiger partial charge in [0.2, 0.25) is 0 Å². The van der Waals surface area contributed by atoms with Crippen LogP contribution in [0.1, 0.15) is 28.7 Å². The molecule has 0 fully saturated rings. The molecule has 1 atom stereocenters. The molecule has 3 nitrogen and oxygen atoms in total. The van der Waals surface area contributed by atoms with Gasteiger partial charge in [-0.1, -0.05) is 110 Å². The molecule has 1 unspecified atom stereocenters. The van der Waals surface area contributed by atoms with Crippen molar-refractivity contribution in [2.24, 2.45) is 0 Å². The van der Waals surface area contributed by atoms with Crippen molar-refractivity contribution < 1.29 is 18.0 Å². The van der Waals surface area contributed by atoms with Crippen molar-refractivity contribution in [3.05, 3.63) is 156 Å². The molecular weight excluding hydrogens is 565 g/mol. The van der Waals surface area contributed by atoms with E-state index < -0.39 is 11.7 Å². The second kappa shape index (κ2) is 15.1. The normalized spacial score (nSPS) is 12.3. The molecule has 0 saturated carbocycles. The lowest BCUT2D eigenvalue weighted by molar-refractivity contribution is -0.137. The average molecular weight is 599 g/mol. The van der Waals surface area contributed by atoms with Crippen molar-refractivity contribution in [3.63, 3.8) is 0 Å². The van der Waals surface area contributed by atoms with Gasteiger partial charge in [-0.2, -0.15) is 24.9 Å². The SMILES string of the molecule is C=CC(CCSCc1ccccc1)NC(=O)/C(=C\c1ccc(-c2ccccc2)cc1)NC(=C)c1ccc(C(F)(F)F)cc1. The molecular formula is C36H33F3N2OS. The summed E-state index contributed by atoms with van der Waals surface area (Å²) in [6, 6.07) is 32.2. The van der Waals surface area contributed by atoms with Crippen LogP contribution in [0.25, 0.3) is 22.9 Å². The highest BCUT2D eigenvalue weighted by Crippen LogP contribution is 2.30. The molecule has 7 heteroatoms. The van der Waals surface area contributed by atoms with Crippen LogP contribution in [0.2, 0.25) is 0 Å². The predicted octanol–water partition coefficient (Wildman–Crippen LogP) is 8.97. The third-order valence-corrected chi connectivity index (χ3v) is 7.77. The summed E-state index contributed by atoms with van der Waals surface area (Å²) in [5.41, 5.74) is 4.30. The summed E-state index contributed by atoms with van der Waals surface area (Å²) in [5, 5.41) is 6.06. The van der Waals surface area contributed by atoms with Crippen LogP contribution < -0.4 is 10.6 Å². The first-order chi connectivity index (χ1) is 20.7. The van der Waals surface area contributed by atoms with Crippen molar-refractivity contribution in [2.45, 2.75) is 24.4 Å². The van der Waals surface area contributed by atoms with Gasteiger partial charge in [-0.3, -0.25) is 4.79 Å². The summed E-state index contributed by atoms with van der Waals surface area (Å²) in [6.07, 6.45) is -0.351. The quantitative estimate of drug-likeness (QED) is 0.0917. The third kappa shape index (κ3) is 9.51. The molecule has 0 aromatic heterocycles. The second-order valence-electron chi connectivity index (χ2n) is 9.87. The molecule has 2 N–H and O–H groups in total. The molecule has 4 aromatic carbocycles. The first-order valence-electron chi connectivity index (χ1n) is 13.8. The molecule has 0 spiro atoms. The first kappa shape index (κ1) is 31.4. The van der Waals surface area contributed by atoms with E-state index >= 15 is 0 Å². The minimum Gasteiger partial charge on any atom is -0.351 e. The maximum Gasteiger partial charge on any atom is 0.416 e. The van der Waals surface area contributed by atoms with Gasteiger partial charge in [-0.25, -0.2) is 0 Å². The Kier molecular flexibility index (Phi) is 11.1. The third-order valence-electron chi connectivity index (χ3n) is 6.71. The molecule has 4 aromatic rings. The van der Waals surface area contributed by atoms with Crippen LogP contribution in [-0.4, -0.2) is 17.7 Å². The molecule has 1 amide bonds. The van der Waals surface area contributed by atoms with Crippen molar-refractivity contribution in [1.29, 1.82) is 0 Å². The number of carbonyl (C=O) groups is 1. The highest BCUT2D eigenvalue weighted by molar-refractivity contribution is 7.98. The minimum absolute atomic E-state index is 0.209. The molecule has 4 rings (SSSR count). The Morgan fingerprint density at radius 2 is 1.44 bits per heavy atom. The number of rotatable bonds is 13. The van der Waals surface area contributed by atoms with Crippen LogP contribution in [-0.2, 0) is 16.7 Å². The van der Waals surface area contributed by atoms with Crippen molar-refractivity contribution in [3.8, 4) is 11.1 Å². The number of carbonyl (C=O) groups excluding carboxylic acids is 1. The topological polar surface area (TPSA) is 41.1 Å². The highest BCUT2D eigenvalue weighted by atomic mass is 32.2. The summed E-state index contributed by atoms with van der Waals surface area (Å²) in [5.74, 6) is 1.31. The minimum atomic E-state index is -4.44. The van der Waals surface area contributed by atoms with Crippen LogP contribution >= 0.6 is 11.8 Å². The summed E-state index contributed by atoms with van der Waals surface area (Å²) in [6.45, 7) is 7.88. The monoisotopic (exact) mass is 598 g/mol. The molecule has 0 radical (unpaired) electrons. The van der Waals surface area contributed by atoms with E-state index in [2.05, 4.69) is 35.9 Å². The molecule has 0 aliphatic heterocycles. The maximum absolute atomic E-state index is 13.5. The van der Waals surface area contributed by atoms with Crippen LogP contribution in [0, 0.1) is 0 Å². The average Bonchev–Trinajstić information content (AvgIpc) is 3.03. The fraction of sp³-hybridized carbons (Fsp3) is 0.139. The van der Waals surface area contributed by atoms with Gasteiger partial charge in [0, 0.05) is 17.5 Å². The summed E-state index contributed by atoms with van der Waals surface area (Å²) < 4.78 is 39.2. The smallest absolute Gasteiger partial charge is 0.351 e. The van der Waals surface area contributed by atoms with E-state index in [1.807, 2.05) is 72.8 Å². The lowest BCUT2D eigenvalue weighted by Crippen LogP contribution is -2.38. The van der Waals surface area contributed by atoms with Gasteiger partial charge in [-0.05, 0) is 58.2 Å². The maximum atomic E-state index is 13.5. The Bertz CT molecular complexity index is 1530. The lowest BCUT2D eigenvalue weighted by Gasteiger charge is -2.19. The fourth-order valence-electron chi connectivity index (χ4n) is 4.29. The fourth-order valence-corrected chi connectivity index (χ4v) is 5.29. The van der Waals surface area contributed by atoms with Crippen LogP contribution in [0.4, 0.5) is 13.2 Å². The number of halogens is 3. The van der Waals surface area contributed by atoms with E-state index in [1.54, 1.807) is 23.9 Å². The van der Waals surface area contributed by atoms with E-state index in [9.17, 15) is 18.0 Å². The second-order valence-corrected chi connectivity index (χ2v) is 11.0. The van der Waals surface area contributed by atoms with Crippen molar-refractivity contribution >= 4 is 29.4 Å². The summed E-state index contributed by atoms with van der Waals surface area (Å²) in [7, 11) is 0. The van der Waals surface area contributed by atoms with Gasteiger partial charge in [0.1, 0.15) is 5.70 Å². The van der Waals surface area contributed by atoms with Crippen molar-refractivity contribution in [2.75, 3.05) is 5.75 Å². The number of benzene rings is 4. The Morgan fingerprint density at radius 3 is 2.05 bits per heavy atom. The van der Waals surface area contributed by atoms with Gasteiger partial charge in [0.05, 0.1) is 5.56 Å². The van der Waals surface area contributed by atoms with Crippen LogP contribution in [0.15, 0.2) is 134 Å². The highest BCUT2D eigenvalue weighted by Gasteiger charge is 2.30. The zero-order chi connectivity index (χ0) is 30.7. The number of hydrogen-bond donors (Lipinski definition) is 2. The van der Waals surface area contributed by atoms with Gasteiger partial charge >= 0.3 is 6.18 Å². The van der Waals surface area contributed by atoms with E-state index in [0.717, 1.165) is 40.3 Å². The Labute approximate surface area is 255 Å². The van der Waals surface area contributed by atoms with E-state index in [4.69, 9.17) is 0 Å². The molecule has 0 saturated heterocycles. The van der Waals surface area contributed by atoms with Crippen LogP contribution in [0.3, 0.4) is 0 Å². The number of amides is 1. The van der Waals surface area contributed by atoms with Gasteiger partial charge in [-0.15, -0.1) is 6.58 Å². The lowest BCUT2D eigenvalue weighted by atomic mass is 10.0. The van der Waals surface area contributed by atoms with Gasteiger partial charge in [0.25, 0.3) is 5.91 Å². The van der Waals surface area contributed by atoms with Gasteiger partial charge < -0.3 is 10.6 Å². The molecule has 0 heterocycles. The molecule has 220 valence electrons.